The molecule has 0 radical (unpaired) electrons. The van der Waals surface area contributed by atoms with E-state index in [4.69, 9.17) is 0 Å². The third-order valence-electron chi connectivity index (χ3n) is 5.15. The molecule has 0 aliphatic carbocycles. The molecule has 1 unspecified atom stereocenters. The van der Waals surface area contributed by atoms with Crippen molar-refractivity contribution in [1.82, 2.24) is 20.0 Å². The molecular formula is C21H29N5O. The molecule has 0 spiro atoms. The van der Waals surface area contributed by atoms with E-state index >= 15 is 0 Å². The SMILES string of the molecule is CCC(C(=O)N1CCCN(c2ccc(-c3ccccc3)nn2)CC1)N(C)C. The van der Waals surface area contributed by atoms with Gasteiger partial charge in [0.25, 0.3) is 0 Å². The van der Waals surface area contributed by atoms with E-state index in [-0.39, 0.29) is 11.9 Å². The van der Waals surface area contributed by atoms with Crippen LogP contribution in [0.1, 0.15) is 19.8 Å². The van der Waals surface area contributed by atoms with Crippen molar-refractivity contribution >= 4 is 11.7 Å². The number of benzene rings is 1. The van der Waals surface area contributed by atoms with Crippen molar-refractivity contribution < 1.29 is 4.79 Å². The molecule has 1 aromatic carbocycles. The molecule has 3 rings (SSSR count). The number of nitrogens with zero attached hydrogens (tertiary/aromatic N) is 5. The van der Waals surface area contributed by atoms with E-state index in [0.717, 1.165) is 56.1 Å². The zero-order valence-corrected chi connectivity index (χ0v) is 16.5. The minimum absolute atomic E-state index is 0.0403. The number of amides is 1. The van der Waals surface area contributed by atoms with Crippen LogP contribution in [0.5, 0.6) is 0 Å². The summed E-state index contributed by atoms with van der Waals surface area (Å²) in [6.45, 7) is 5.27. The molecule has 144 valence electrons. The molecule has 2 aromatic rings. The normalized spacial score (nSPS) is 16.3. The zero-order chi connectivity index (χ0) is 19.2. The Morgan fingerprint density at radius 1 is 1.04 bits per heavy atom. The van der Waals surface area contributed by atoms with Crippen molar-refractivity contribution in [3.63, 3.8) is 0 Å². The fourth-order valence-electron chi connectivity index (χ4n) is 3.60. The molecule has 1 aliphatic heterocycles. The highest BCUT2D eigenvalue weighted by molar-refractivity contribution is 5.82. The average molecular weight is 367 g/mol. The summed E-state index contributed by atoms with van der Waals surface area (Å²) in [5, 5.41) is 8.83. The Morgan fingerprint density at radius 3 is 2.44 bits per heavy atom. The molecule has 6 heteroatoms. The second kappa shape index (κ2) is 8.95. The first kappa shape index (κ1) is 19.3. The van der Waals surface area contributed by atoms with Crippen LogP contribution in [0.3, 0.4) is 0 Å². The summed E-state index contributed by atoms with van der Waals surface area (Å²) >= 11 is 0. The van der Waals surface area contributed by atoms with Gasteiger partial charge >= 0.3 is 0 Å². The van der Waals surface area contributed by atoms with Crippen molar-refractivity contribution in [2.45, 2.75) is 25.8 Å². The average Bonchev–Trinajstić information content (AvgIpc) is 2.95. The van der Waals surface area contributed by atoms with Gasteiger partial charge in [-0.2, -0.15) is 0 Å². The number of rotatable bonds is 5. The van der Waals surface area contributed by atoms with E-state index in [1.54, 1.807) is 0 Å². The Bertz CT molecular complexity index is 732. The number of likely N-dealkylation sites (N-methyl/N-ethyl adjacent to an activating group) is 1. The van der Waals surface area contributed by atoms with Crippen LogP contribution in [0.2, 0.25) is 0 Å². The first-order valence-electron chi connectivity index (χ1n) is 9.69. The van der Waals surface area contributed by atoms with Crippen LogP contribution in [0, 0.1) is 0 Å². The van der Waals surface area contributed by atoms with Crippen molar-refractivity contribution in [1.29, 1.82) is 0 Å². The van der Waals surface area contributed by atoms with Crippen LogP contribution in [0.25, 0.3) is 11.3 Å². The third kappa shape index (κ3) is 4.63. The number of hydrogen-bond donors (Lipinski definition) is 0. The lowest BCUT2D eigenvalue weighted by Crippen LogP contribution is -2.47. The van der Waals surface area contributed by atoms with Crippen LogP contribution in [0.4, 0.5) is 5.82 Å². The summed E-state index contributed by atoms with van der Waals surface area (Å²) in [7, 11) is 3.94. The minimum Gasteiger partial charge on any atom is -0.353 e. The number of carbonyl (C=O) groups is 1. The van der Waals surface area contributed by atoms with Gasteiger partial charge in [0.1, 0.15) is 0 Å². The molecule has 6 nitrogen and oxygen atoms in total. The summed E-state index contributed by atoms with van der Waals surface area (Å²) < 4.78 is 0. The Kier molecular flexibility index (Phi) is 6.40. The number of carbonyl (C=O) groups excluding carboxylic acids is 1. The number of anilines is 1. The second-order valence-corrected chi connectivity index (χ2v) is 7.20. The molecule has 27 heavy (non-hydrogen) atoms. The van der Waals surface area contributed by atoms with Crippen LogP contribution >= 0.6 is 0 Å². The van der Waals surface area contributed by atoms with Gasteiger partial charge in [0.05, 0.1) is 11.7 Å². The monoisotopic (exact) mass is 367 g/mol. The van der Waals surface area contributed by atoms with Gasteiger partial charge in [-0.3, -0.25) is 9.69 Å². The van der Waals surface area contributed by atoms with Gasteiger partial charge in [-0.05, 0) is 39.1 Å². The van der Waals surface area contributed by atoms with Gasteiger partial charge in [-0.15, -0.1) is 10.2 Å². The number of hydrogen-bond acceptors (Lipinski definition) is 5. The molecule has 1 aliphatic rings. The van der Waals surface area contributed by atoms with Crippen molar-refractivity contribution in [2.75, 3.05) is 45.2 Å². The van der Waals surface area contributed by atoms with E-state index in [2.05, 4.69) is 22.0 Å². The summed E-state index contributed by atoms with van der Waals surface area (Å²) in [6.07, 6.45) is 1.77. The van der Waals surface area contributed by atoms with Crippen molar-refractivity contribution in [3.05, 3.63) is 42.5 Å². The predicted molar refractivity (Wildman–Crippen MR) is 109 cm³/mol. The van der Waals surface area contributed by atoms with Gasteiger partial charge in [0.15, 0.2) is 5.82 Å². The number of aromatic nitrogens is 2. The highest BCUT2D eigenvalue weighted by atomic mass is 16.2. The predicted octanol–water partition coefficient (Wildman–Crippen LogP) is 2.52. The fourth-order valence-corrected chi connectivity index (χ4v) is 3.60. The first-order chi connectivity index (χ1) is 13.1. The van der Waals surface area contributed by atoms with E-state index < -0.39 is 0 Å². The fraction of sp³-hybridized carbons (Fsp3) is 0.476. The van der Waals surface area contributed by atoms with Crippen LogP contribution in [0.15, 0.2) is 42.5 Å². The van der Waals surface area contributed by atoms with E-state index in [0.29, 0.717) is 0 Å². The summed E-state index contributed by atoms with van der Waals surface area (Å²) in [5.41, 5.74) is 1.95. The Balaban J connectivity index is 1.65. The Hall–Kier alpha value is -2.47. The zero-order valence-electron chi connectivity index (χ0n) is 16.5. The van der Waals surface area contributed by atoms with Gasteiger partial charge in [0.2, 0.25) is 5.91 Å². The Morgan fingerprint density at radius 2 is 1.81 bits per heavy atom. The van der Waals surface area contributed by atoms with E-state index in [1.807, 2.05) is 66.4 Å². The molecule has 0 saturated carbocycles. The lowest BCUT2D eigenvalue weighted by Gasteiger charge is -2.29. The molecular weight excluding hydrogens is 338 g/mol. The summed E-state index contributed by atoms with van der Waals surface area (Å²) in [4.78, 5) is 19.0. The van der Waals surface area contributed by atoms with Crippen LogP contribution in [-0.4, -0.2) is 72.2 Å². The van der Waals surface area contributed by atoms with Crippen molar-refractivity contribution in [2.24, 2.45) is 0 Å². The highest BCUT2D eigenvalue weighted by Gasteiger charge is 2.26. The maximum Gasteiger partial charge on any atom is 0.239 e. The van der Waals surface area contributed by atoms with Crippen molar-refractivity contribution in [3.8, 4) is 11.3 Å². The minimum atomic E-state index is -0.0403. The second-order valence-electron chi connectivity index (χ2n) is 7.20. The smallest absolute Gasteiger partial charge is 0.239 e. The lowest BCUT2D eigenvalue weighted by atomic mass is 10.1. The van der Waals surface area contributed by atoms with E-state index in [1.165, 1.54) is 0 Å². The molecule has 1 amide bonds. The molecule has 2 heterocycles. The van der Waals surface area contributed by atoms with Gasteiger partial charge in [-0.25, -0.2) is 0 Å². The third-order valence-corrected chi connectivity index (χ3v) is 5.15. The first-order valence-corrected chi connectivity index (χ1v) is 9.69. The quantitative estimate of drug-likeness (QED) is 0.813. The van der Waals surface area contributed by atoms with Crippen LogP contribution < -0.4 is 4.90 Å². The summed E-state index contributed by atoms with van der Waals surface area (Å²) in [5.74, 6) is 1.11. The van der Waals surface area contributed by atoms with E-state index in [9.17, 15) is 4.79 Å². The van der Waals surface area contributed by atoms with Gasteiger partial charge in [-0.1, -0.05) is 37.3 Å². The molecule has 0 N–H and O–H groups in total. The Labute approximate surface area is 161 Å². The summed E-state index contributed by atoms with van der Waals surface area (Å²) in [6, 6.07) is 14.1. The largest absolute Gasteiger partial charge is 0.353 e. The lowest BCUT2D eigenvalue weighted by molar-refractivity contribution is -0.136. The van der Waals surface area contributed by atoms with Gasteiger partial charge in [0, 0.05) is 31.7 Å². The standard InChI is InChI=1S/C21H29N5O/c1-4-19(24(2)3)21(27)26-14-8-13-25(15-16-26)20-12-11-18(22-23-20)17-9-6-5-7-10-17/h5-7,9-12,19H,4,8,13-16H2,1-3H3. The molecule has 1 saturated heterocycles. The molecule has 0 bridgehead atoms. The topological polar surface area (TPSA) is 52.6 Å². The maximum absolute atomic E-state index is 12.8. The van der Waals surface area contributed by atoms with Gasteiger partial charge < -0.3 is 9.80 Å². The van der Waals surface area contributed by atoms with Crippen LogP contribution in [-0.2, 0) is 4.79 Å². The molecule has 1 fully saturated rings. The highest BCUT2D eigenvalue weighted by Crippen LogP contribution is 2.19. The maximum atomic E-state index is 12.8. The molecule has 1 aromatic heterocycles. The molecule has 1 atom stereocenters.